The third-order valence-electron chi connectivity index (χ3n) is 7.08. The monoisotopic (exact) mass is 572 g/mol. The van der Waals surface area contributed by atoms with Gasteiger partial charge in [0.25, 0.3) is 5.91 Å². The second kappa shape index (κ2) is 15.1. The van der Waals surface area contributed by atoms with E-state index in [2.05, 4.69) is 29.4 Å². The number of rotatable bonds is 17. The van der Waals surface area contributed by atoms with Crippen molar-refractivity contribution in [1.29, 1.82) is 0 Å². The Labute approximate surface area is 241 Å². The van der Waals surface area contributed by atoms with Crippen LogP contribution in [0.3, 0.4) is 0 Å². The minimum absolute atomic E-state index is 0.00806. The molecule has 1 atom stereocenters. The van der Waals surface area contributed by atoms with Gasteiger partial charge in [-0.2, -0.15) is 0 Å². The van der Waals surface area contributed by atoms with E-state index in [0.717, 1.165) is 12.1 Å². The summed E-state index contributed by atoms with van der Waals surface area (Å²) in [5.74, 6) is -3.71. The van der Waals surface area contributed by atoms with Crippen molar-refractivity contribution in [1.82, 2.24) is 15.1 Å². The molecular weight excluding hydrogens is 530 g/mol. The number of aliphatic hydroxyl groups excluding tert-OH is 1. The Kier molecular flexibility index (Phi) is 12.5. The molecule has 0 aliphatic heterocycles. The fourth-order valence-corrected chi connectivity index (χ4v) is 5.04. The number of benzene rings is 2. The minimum Gasteiger partial charge on any atom is -0.395 e. The van der Waals surface area contributed by atoms with Crippen molar-refractivity contribution in [3.05, 3.63) is 64.5 Å². The average Bonchev–Trinajstić information content (AvgIpc) is 2.90. The van der Waals surface area contributed by atoms with Crippen LogP contribution in [-0.2, 0) is 33.4 Å². The molecule has 5 N–H and O–H groups in total. The molecule has 0 bridgehead atoms. The number of aryl methyl sites for hydroxylation is 1. The Morgan fingerprint density at radius 2 is 1.90 bits per heavy atom. The summed E-state index contributed by atoms with van der Waals surface area (Å²) in [7, 11) is 2.69. The zero-order valence-electron chi connectivity index (χ0n) is 24.5. The summed E-state index contributed by atoms with van der Waals surface area (Å²) in [6.07, 6.45) is 0.480. The summed E-state index contributed by atoms with van der Waals surface area (Å²) in [4.78, 5) is 38.8. The number of carbonyl (C=O) groups is 3. The van der Waals surface area contributed by atoms with Crippen LogP contribution < -0.4 is 10.6 Å². The Bertz CT molecular complexity index is 1200. The number of anilines is 1. The minimum atomic E-state index is -2.96. The van der Waals surface area contributed by atoms with Gasteiger partial charge in [0, 0.05) is 50.9 Å². The summed E-state index contributed by atoms with van der Waals surface area (Å²) in [5, 5.41) is 37.6. The van der Waals surface area contributed by atoms with E-state index in [1.165, 1.54) is 21.0 Å². The highest BCUT2D eigenvalue weighted by atomic mass is 19.1. The second-order valence-electron chi connectivity index (χ2n) is 10.8. The molecule has 41 heavy (non-hydrogen) atoms. The summed E-state index contributed by atoms with van der Waals surface area (Å²) in [6, 6.07) is 9.72. The highest BCUT2D eigenvalue weighted by Crippen LogP contribution is 2.36. The number of nitrogens with one attached hydrogen (secondary N) is 2. The van der Waals surface area contributed by atoms with E-state index in [9.17, 15) is 29.7 Å². The maximum atomic E-state index is 15.1. The zero-order valence-corrected chi connectivity index (χ0v) is 24.5. The van der Waals surface area contributed by atoms with Crippen molar-refractivity contribution in [2.75, 3.05) is 32.1 Å². The molecule has 1 unspecified atom stereocenters. The van der Waals surface area contributed by atoms with Gasteiger partial charge in [-0.25, -0.2) is 4.39 Å². The van der Waals surface area contributed by atoms with Crippen molar-refractivity contribution >= 4 is 32.1 Å². The Hall–Kier alpha value is -3.32. The first-order valence-electron chi connectivity index (χ1n) is 13.6. The number of aldehydes is 1. The molecule has 0 spiro atoms. The van der Waals surface area contributed by atoms with Gasteiger partial charge < -0.3 is 30.7 Å². The van der Waals surface area contributed by atoms with Crippen LogP contribution in [0, 0.1) is 18.7 Å². The maximum absolute atomic E-state index is 15.1. The molecule has 0 aromatic heterocycles. The normalized spacial score (nSPS) is 13.1. The van der Waals surface area contributed by atoms with E-state index >= 15 is 4.39 Å². The summed E-state index contributed by atoms with van der Waals surface area (Å²) in [6.45, 7) is 7.48. The third-order valence-corrected chi connectivity index (χ3v) is 7.08. The third kappa shape index (κ3) is 8.35. The van der Waals surface area contributed by atoms with Crippen LogP contribution in [0.2, 0.25) is 0 Å². The highest BCUT2D eigenvalue weighted by molar-refractivity contribution is 6.29. The molecule has 10 nitrogen and oxygen atoms in total. The Morgan fingerprint density at radius 3 is 2.46 bits per heavy atom. The smallest absolute Gasteiger partial charge is 0.279 e. The van der Waals surface area contributed by atoms with E-state index in [-0.39, 0.29) is 43.7 Å². The van der Waals surface area contributed by atoms with Gasteiger partial charge in [0.1, 0.15) is 19.9 Å². The maximum Gasteiger partial charge on any atom is 0.279 e. The largest absolute Gasteiger partial charge is 0.395 e. The first-order chi connectivity index (χ1) is 19.3. The lowest BCUT2D eigenvalue weighted by Crippen LogP contribution is -2.65. The molecule has 0 saturated heterocycles. The SMILES string of the molecule is BC(CCC=O)(C(=O)NC)N(C=O)C(O)(O)c1c(C)cccc1NCc1ccc(CN(CCO)CC(C)C)cc1F. The number of hydrogen-bond acceptors (Lipinski definition) is 8. The van der Waals surface area contributed by atoms with Crippen molar-refractivity contribution in [3.63, 3.8) is 0 Å². The molecule has 224 valence electrons. The van der Waals surface area contributed by atoms with Crippen molar-refractivity contribution in [2.45, 2.75) is 58.1 Å². The van der Waals surface area contributed by atoms with Crippen LogP contribution in [0.15, 0.2) is 36.4 Å². The van der Waals surface area contributed by atoms with Crippen molar-refractivity contribution in [2.24, 2.45) is 5.92 Å². The van der Waals surface area contributed by atoms with E-state index in [1.54, 1.807) is 37.3 Å². The first kappa shape index (κ1) is 33.9. The molecule has 0 saturated carbocycles. The molecule has 2 aromatic carbocycles. The number of halogens is 1. The lowest BCUT2D eigenvalue weighted by molar-refractivity contribution is -0.275. The van der Waals surface area contributed by atoms with Gasteiger partial charge in [0.15, 0.2) is 0 Å². The van der Waals surface area contributed by atoms with E-state index in [1.807, 2.05) is 0 Å². The lowest BCUT2D eigenvalue weighted by atomic mass is 9.71. The predicted molar refractivity (Wildman–Crippen MR) is 157 cm³/mol. The standard InChI is InChI=1S/C29H42BFN4O6/c1-20(2)17-34(12-14-37)18-22-9-10-23(24(31)15-22)16-33-25-8-5-7-21(3)26(25)29(40,41)35(19-38)28(30,11-6-13-36)27(39)32-4/h5,7-10,13,15,19-20,33,37,40-41H,6,11-12,14,16-18,30H2,1-4H3,(H,32,39). The zero-order chi connectivity index (χ0) is 30.8. The van der Waals surface area contributed by atoms with E-state index in [0.29, 0.717) is 41.3 Å². The average molecular weight is 572 g/mol. The summed E-state index contributed by atoms with van der Waals surface area (Å²) < 4.78 is 15.1. The Balaban J connectivity index is 2.38. The second-order valence-corrected chi connectivity index (χ2v) is 10.8. The van der Waals surface area contributed by atoms with Gasteiger partial charge in [-0.15, -0.1) is 0 Å². The summed E-state index contributed by atoms with van der Waals surface area (Å²) >= 11 is 0. The number of aliphatic hydroxyl groups is 3. The van der Waals surface area contributed by atoms with Crippen LogP contribution in [0.4, 0.5) is 10.1 Å². The number of carbonyl (C=O) groups excluding carboxylic acids is 3. The molecule has 0 fully saturated rings. The van der Waals surface area contributed by atoms with E-state index < -0.39 is 23.1 Å². The van der Waals surface area contributed by atoms with Crippen LogP contribution in [0.1, 0.15) is 48.9 Å². The van der Waals surface area contributed by atoms with Gasteiger partial charge in [0.05, 0.1) is 17.6 Å². The molecule has 0 aliphatic carbocycles. The fourth-order valence-electron chi connectivity index (χ4n) is 5.04. The van der Waals surface area contributed by atoms with Crippen molar-refractivity contribution < 1.29 is 34.1 Å². The number of nitrogens with zero attached hydrogens (tertiary/aromatic N) is 2. The van der Waals surface area contributed by atoms with Crippen LogP contribution in [-0.4, -0.2) is 83.8 Å². The predicted octanol–water partition coefficient (Wildman–Crippen LogP) is 0.804. The number of hydrogen-bond donors (Lipinski definition) is 5. The Morgan fingerprint density at radius 1 is 1.20 bits per heavy atom. The molecule has 12 heteroatoms. The van der Waals surface area contributed by atoms with Gasteiger partial charge >= 0.3 is 0 Å². The molecule has 0 heterocycles. The fraction of sp³-hybridized carbons (Fsp3) is 0.483. The van der Waals surface area contributed by atoms with E-state index in [4.69, 9.17) is 0 Å². The number of likely N-dealkylation sites (N-methyl/N-ethyl adjacent to an activating group) is 1. The number of amides is 2. The molecule has 2 aromatic rings. The molecule has 2 amide bonds. The van der Waals surface area contributed by atoms with Crippen LogP contribution in [0.5, 0.6) is 0 Å². The van der Waals surface area contributed by atoms with Crippen LogP contribution >= 0.6 is 0 Å². The topological polar surface area (TPSA) is 142 Å². The van der Waals surface area contributed by atoms with Gasteiger partial charge in [-0.3, -0.25) is 19.4 Å². The molecule has 2 rings (SSSR count). The quantitative estimate of drug-likeness (QED) is 0.107. The van der Waals surface area contributed by atoms with Crippen LogP contribution in [0.25, 0.3) is 0 Å². The highest BCUT2D eigenvalue weighted by Gasteiger charge is 2.49. The van der Waals surface area contributed by atoms with Crippen molar-refractivity contribution in [3.8, 4) is 0 Å². The molecule has 0 aliphatic rings. The van der Waals surface area contributed by atoms with Gasteiger partial charge in [0.2, 0.25) is 12.3 Å². The molecular formula is C29H42BFN4O6. The lowest BCUT2D eigenvalue weighted by Gasteiger charge is -2.45. The first-order valence-corrected chi connectivity index (χ1v) is 13.6. The van der Waals surface area contributed by atoms with Gasteiger partial charge in [-0.05, 0) is 42.5 Å². The molecule has 0 radical (unpaired) electrons. The summed E-state index contributed by atoms with van der Waals surface area (Å²) in [5.41, 5.74) is -0.182. The van der Waals surface area contributed by atoms with Gasteiger partial charge in [-0.1, -0.05) is 38.1 Å².